The van der Waals surface area contributed by atoms with Crippen molar-refractivity contribution in [1.29, 1.82) is 0 Å². The molecule has 2 rings (SSSR count). The normalized spacial score (nSPS) is 33.9. The van der Waals surface area contributed by atoms with Crippen molar-refractivity contribution < 1.29 is 5.11 Å². The Kier molecular flexibility index (Phi) is 3.58. The van der Waals surface area contributed by atoms with Gasteiger partial charge in [-0.15, -0.1) is 0 Å². The van der Waals surface area contributed by atoms with E-state index in [1.807, 2.05) is 0 Å². The van der Waals surface area contributed by atoms with E-state index in [4.69, 9.17) is 0 Å². The highest BCUT2D eigenvalue weighted by Crippen LogP contribution is 2.43. The Morgan fingerprint density at radius 2 is 1.88 bits per heavy atom. The van der Waals surface area contributed by atoms with E-state index in [2.05, 4.69) is 51.1 Å². The maximum atomic E-state index is 10.3. The highest BCUT2D eigenvalue weighted by molar-refractivity contribution is 5.25. The Bertz CT molecular complexity index is 357. The van der Waals surface area contributed by atoms with Crippen molar-refractivity contribution in [2.24, 2.45) is 11.8 Å². The van der Waals surface area contributed by atoms with Gasteiger partial charge in [-0.3, -0.25) is 0 Å². The maximum Gasteiger partial charge on any atom is 0.0579 e. The Hall–Kier alpha value is -0.820. The average molecular weight is 232 g/mol. The van der Waals surface area contributed by atoms with Crippen LogP contribution in [0.5, 0.6) is 0 Å². The molecule has 0 spiro atoms. The molecule has 0 amide bonds. The van der Waals surface area contributed by atoms with Crippen LogP contribution in [-0.4, -0.2) is 11.2 Å². The average Bonchev–Trinajstić information content (AvgIpc) is 2.29. The quantitative estimate of drug-likeness (QED) is 0.823. The number of aliphatic hydroxyl groups is 1. The highest BCUT2D eigenvalue weighted by atomic mass is 16.3. The molecule has 1 aliphatic carbocycles. The van der Waals surface area contributed by atoms with E-state index in [0.717, 1.165) is 12.8 Å². The third kappa shape index (κ3) is 2.55. The van der Waals surface area contributed by atoms with Crippen molar-refractivity contribution in [2.75, 3.05) is 0 Å². The van der Waals surface area contributed by atoms with E-state index in [1.165, 1.54) is 12.0 Å². The van der Waals surface area contributed by atoms with Gasteiger partial charge in [-0.25, -0.2) is 0 Å². The lowest BCUT2D eigenvalue weighted by molar-refractivity contribution is 0.0152. The summed E-state index contributed by atoms with van der Waals surface area (Å²) in [6.45, 7) is 6.74. The molecule has 17 heavy (non-hydrogen) atoms. The van der Waals surface area contributed by atoms with Gasteiger partial charge >= 0.3 is 0 Å². The minimum atomic E-state index is -0.144. The molecule has 0 radical (unpaired) electrons. The first-order valence-corrected chi connectivity index (χ1v) is 6.76. The summed E-state index contributed by atoms with van der Waals surface area (Å²) in [4.78, 5) is 0. The second kappa shape index (κ2) is 4.81. The number of hydrogen-bond donors (Lipinski definition) is 1. The van der Waals surface area contributed by atoms with Crippen molar-refractivity contribution in [1.82, 2.24) is 0 Å². The van der Waals surface area contributed by atoms with E-state index in [0.29, 0.717) is 11.8 Å². The topological polar surface area (TPSA) is 20.2 Å². The summed E-state index contributed by atoms with van der Waals surface area (Å²) >= 11 is 0. The van der Waals surface area contributed by atoms with E-state index in [1.54, 1.807) is 0 Å². The number of aliphatic hydroxyl groups excluding tert-OH is 1. The molecule has 0 bridgehead atoms. The molecule has 1 fully saturated rings. The summed E-state index contributed by atoms with van der Waals surface area (Å²) in [7, 11) is 0. The van der Waals surface area contributed by atoms with Gasteiger partial charge in [-0.1, -0.05) is 51.1 Å². The van der Waals surface area contributed by atoms with Crippen molar-refractivity contribution >= 4 is 0 Å². The zero-order chi connectivity index (χ0) is 12.5. The van der Waals surface area contributed by atoms with Gasteiger partial charge in [0.1, 0.15) is 0 Å². The van der Waals surface area contributed by atoms with Gasteiger partial charge in [0.2, 0.25) is 0 Å². The molecular weight excluding hydrogens is 208 g/mol. The summed E-state index contributed by atoms with van der Waals surface area (Å²) in [5.41, 5.74) is 1.53. The van der Waals surface area contributed by atoms with Crippen LogP contribution in [0.1, 0.15) is 45.6 Å². The predicted octanol–water partition coefficient (Wildman–Crippen LogP) is 3.76. The van der Waals surface area contributed by atoms with Crippen LogP contribution in [0, 0.1) is 11.8 Å². The highest BCUT2D eigenvalue weighted by Gasteiger charge is 2.38. The molecule has 1 N–H and O–H groups in total. The van der Waals surface area contributed by atoms with Gasteiger partial charge in [0.15, 0.2) is 0 Å². The van der Waals surface area contributed by atoms with Gasteiger partial charge in [0.25, 0.3) is 0 Å². The number of benzene rings is 1. The molecule has 0 aromatic heterocycles. The van der Waals surface area contributed by atoms with Crippen LogP contribution in [-0.2, 0) is 5.41 Å². The van der Waals surface area contributed by atoms with Crippen molar-refractivity contribution in [2.45, 2.75) is 51.6 Å². The first kappa shape index (κ1) is 12.6. The van der Waals surface area contributed by atoms with Crippen molar-refractivity contribution in [3.63, 3.8) is 0 Å². The van der Waals surface area contributed by atoms with Crippen LogP contribution >= 0.6 is 0 Å². The van der Waals surface area contributed by atoms with Gasteiger partial charge in [0, 0.05) is 0 Å². The molecule has 3 atom stereocenters. The van der Waals surface area contributed by atoms with Gasteiger partial charge in [-0.05, 0) is 42.1 Å². The Morgan fingerprint density at radius 1 is 1.24 bits per heavy atom. The first-order valence-electron chi connectivity index (χ1n) is 6.76. The molecule has 94 valence electrons. The Labute approximate surface area is 105 Å². The molecule has 1 saturated carbocycles. The van der Waals surface area contributed by atoms with Crippen molar-refractivity contribution in [3.05, 3.63) is 35.9 Å². The molecule has 0 aliphatic heterocycles. The second-order valence-electron chi connectivity index (χ2n) is 6.14. The predicted molar refractivity (Wildman–Crippen MR) is 72.0 cm³/mol. The largest absolute Gasteiger partial charge is 0.393 e. The first-order chi connectivity index (χ1) is 8.03. The molecular formula is C16H24O. The van der Waals surface area contributed by atoms with Gasteiger partial charge < -0.3 is 5.11 Å². The molecule has 1 aromatic carbocycles. The van der Waals surface area contributed by atoms with Crippen molar-refractivity contribution in [3.8, 4) is 0 Å². The van der Waals surface area contributed by atoms with Crippen LogP contribution in [0.3, 0.4) is 0 Å². The van der Waals surface area contributed by atoms with E-state index in [-0.39, 0.29) is 11.5 Å². The van der Waals surface area contributed by atoms with Crippen LogP contribution in [0.15, 0.2) is 30.3 Å². The van der Waals surface area contributed by atoms with E-state index < -0.39 is 0 Å². The summed E-state index contributed by atoms with van der Waals surface area (Å²) in [6, 6.07) is 10.6. The minimum Gasteiger partial charge on any atom is -0.393 e. The lowest BCUT2D eigenvalue weighted by Gasteiger charge is -2.42. The molecule has 1 heteroatoms. The lowest BCUT2D eigenvalue weighted by Crippen LogP contribution is -2.40. The summed E-state index contributed by atoms with van der Waals surface area (Å²) in [5.74, 6) is 1.07. The standard InChI is InChI=1S/C16H24O/c1-12(2)14-9-10-16(3,11-15(14)17)13-7-5-4-6-8-13/h4-8,12,14-15,17H,9-11H2,1-3H3. The van der Waals surface area contributed by atoms with Crippen LogP contribution < -0.4 is 0 Å². The van der Waals surface area contributed by atoms with Gasteiger partial charge in [-0.2, -0.15) is 0 Å². The third-order valence-electron chi connectivity index (χ3n) is 4.51. The lowest BCUT2D eigenvalue weighted by atomic mass is 9.64. The summed E-state index contributed by atoms with van der Waals surface area (Å²) < 4.78 is 0. The SMILES string of the molecule is CC(C)C1CCC(C)(c2ccccc2)CC1O. The van der Waals surface area contributed by atoms with Crippen LogP contribution in [0.2, 0.25) is 0 Å². The van der Waals surface area contributed by atoms with Crippen LogP contribution in [0.4, 0.5) is 0 Å². The molecule has 1 aliphatic rings. The molecule has 1 nitrogen and oxygen atoms in total. The maximum absolute atomic E-state index is 10.3. The van der Waals surface area contributed by atoms with Gasteiger partial charge in [0.05, 0.1) is 6.10 Å². The summed E-state index contributed by atoms with van der Waals surface area (Å²) in [6.07, 6.45) is 3.09. The number of hydrogen-bond acceptors (Lipinski definition) is 1. The zero-order valence-electron chi connectivity index (χ0n) is 11.2. The smallest absolute Gasteiger partial charge is 0.0579 e. The Balaban J connectivity index is 2.15. The van der Waals surface area contributed by atoms with E-state index in [9.17, 15) is 5.11 Å². The fourth-order valence-electron chi connectivity index (χ4n) is 3.27. The number of rotatable bonds is 2. The second-order valence-corrected chi connectivity index (χ2v) is 6.14. The minimum absolute atomic E-state index is 0.144. The zero-order valence-corrected chi connectivity index (χ0v) is 11.2. The molecule has 3 unspecified atom stereocenters. The van der Waals surface area contributed by atoms with Crippen LogP contribution in [0.25, 0.3) is 0 Å². The Morgan fingerprint density at radius 3 is 2.41 bits per heavy atom. The summed E-state index contributed by atoms with van der Waals surface area (Å²) in [5, 5.41) is 10.3. The fourth-order valence-corrected chi connectivity index (χ4v) is 3.27. The third-order valence-corrected chi connectivity index (χ3v) is 4.51. The monoisotopic (exact) mass is 232 g/mol. The molecule has 0 heterocycles. The fraction of sp³-hybridized carbons (Fsp3) is 0.625. The molecule has 1 aromatic rings. The van der Waals surface area contributed by atoms with E-state index >= 15 is 0 Å². The molecule has 0 saturated heterocycles.